The number of hydrogen-bond acceptors (Lipinski definition) is 5. The van der Waals surface area contributed by atoms with Gasteiger partial charge in [-0.2, -0.15) is 10.2 Å². The maximum atomic E-state index is 12.3. The number of allylic oxidation sites excluding steroid dienone is 1. The van der Waals surface area contributed by atoms with Crippen molar-refractivity contribution in [2.75, 3.05) is 6.54 Å². The van der Waals surface area contributed by atoms with Gasteiger partial charge in [-0.15, -0.1) is 0 Å². The predicted octanol–water partition coefficient (Wildman–Crippen LogP) is 2.96. The normalized spacial score (nSPS) is 13.5. The molecule has 1 aliphatic rings. The van der Waals surface area contributed by atoms with Gasteiger partial charge in [-0.3, -0.25) is 4.79 Å². The zero-order valence-electron chi connectivity index (χ0n) is 13.0. The minimum Gasteiger partial charge on any atom is -0.438 e. The van der Waals surface area contributed by atoms with Crippen molar-refractivity contribution in [1.29, 1.82) is 5.26 Å². The Morgan fingerprint density at radius 3 is 2.88 bits per heavy atom. The lowest BCUT2D eigenvalue weighted by atomic mass is 10.2. The number of ether oxygens (including phenoxy) is 1. The molecule has 0 unspecified atom stereocenters. The summed E-state index contributed by atoms with van der Waals surface area (Å²) in [4.78, 5) is 21.0. The third kappa shape index (κ3) is 3.96. The zero-order valence-corrected chi connectivity index (χ0v) is 13.0. The number of carbonyl (C=O) groups is 1. The van der Waals surface area contributed by atoms with Gasteiger partial charge in [0, 0.05) is 24.7 Å². The smallest absolute Gasteiger partial charge is 0.258 e. The first kappa shape index (κ1) is 15.7. The molecule has 120 valence electrons. The molecule has 1 aromatic carbocycles. The van der Waals surface area contributed by atoms with E-state index in [9.17, 15) is 4.79 Å². The summed E-state index contributed by atoms with van der Waals surface area (Å²) in [6.45, 7) is 0.252. The molecular weight excluding hydrogens is 304 g/mol. The second kappa shape index (κ2) is 7.38. The summed E-state index contributed by atoms with van der Waals surface area (Å²) in [6, 6.07) is 11.1. The van der Waals surface area contributed by atoms with Crippen molar-refractivity contribution >= 4 is 5.91 Å². The molecule has 0 bridgehead atoms. The minimum absolute atomic E-state index is 0.250. The van der Waals surface area contributed by atoms with E-state index in [1.54, 1.807) is 18.2 Å². The molecule has 24 heavy (non-hydrogen) atoms. The Labute approximate surface area is 139 Å². The largest absolute Gasteiger partial charge is 0.438 e. The Kier molecular flexibility index (Phi) is 4.82. The van der Waals surface area contributed by atoms with E-state index in [1.807, 2.05) is 24.3 Å². The van der Waals surface area contributed by atoms with Crippen molar-refractivity contribution in [1.82, 2.24) is 15.3 Å². The van der Waals surface area contributed by atoms with Gasteiger partial charge in [0.15, 0.2) is 0 Å². The van der Waals surface area contributed by atoms with Gasteiger partial charge < -0.3 is 10.1 Å². The van der Waals surface area contributed by atoms with E-state index in [-0.39, 0.29) is 23.9 Å². The molecule has 2 aromatic rings. The minimum atomic E-state index is -0.342. The Morgan fingerprint density at radius 1 is 1.38 bits per heavy atom. The molecule has 1 aromatic heterocycles. The van der Waals surface area contributed by atoms with Gasteiger partial charge >= 0.3 is 0 Å². The van der Waals surface area contributed by atoms with Crippen LogP contribution >= 0.6 is 0 Å². The van der Waals surface area contributed by atoms with E-state index in [4.69, 9.17) is 10.00 Å². The molecular formula is C18H16N4O2. The van der Waals surface area contributed by atoms with Crippen LogP contribution in [0.1, 0.15) is 34.9 Å². The maximum absolute atomic E-state index is 12.3. The highest BCUT2D eigenvalue weighted by Crippen LogP contribution is 2.39. The highest BCUT2D eigenvalue weighted by molar-refractivity contribution is 5.96. The highest BCUT2D eigenvalue weighted by Gasteiger charge is 2.28. The van der Waals surface area contributed by atoms with Gasteiger partial charge in [0.1, 0.15) is 17.1 Å². The van der Waals surface area contributed by atoms with Crippen molar-refractivity contribution in [2.24, 2.45) is 0 Å². The Bertz CT molecular complexity index is 792. The van der Waals surface area contributed by atoms with Crippen LogP contribution in [0.4, 0.5) is 0 Å². The lowest BCUT2D eigenvalue weighted by Crippen LogP contribution is -2.24. The summed E-state index contributed by atoms with van der Waals surface area (Å²) in [5.74, 6) is 1.59. The first-order valence-corrected chi connectivity index (χ1v) is 7.70. The second-order valence-electron chi connectivity index (χ2n) is 5.38. The number of aromatic nitrogens is 2. The number of nitriles is 1. The van der Waals surface area contributed by atoms with Crippen LogP contribution in [0.25, 0.3) is 0 Å². The van der Waals surface area contributed by atoms with Crippen LogP contribution in [-0.2, 0) is 0 Å². The number of hydrogen-bond donors (Lipinski definition) is 1. The molecule has 1 amide bonds. The maximum Gasteiger partial charge on any atom is 0.258 e. The van der Waals surface area contributed by atoms with E-state index < -0.39 is 0 Å². The Morgan fingerprint density at radius 2 is 2.17 bits per heavy atom. The van der Waals surface area contributed by atoms with Crippen LogP contribution in [0.5, 0.6) is 11.6 Å². The Hall–Kier alpha value is -3.20. The SMILES string of the molecule is N#C/C=C/CNC(=O)c1cnc(C2CC2)nc1Oc1ccccc1. The Balaban J connectivity index is 1.82. The van der Waals surface area contributed by atoms with Crippen molar-refractivity contribution < 1.29 is 9.53 Å². The fraction of sp³-hybridized carbons (Fsp3) is 0.222. The standard InChI is InChI=1S/C18H16N4O2/c19-10-4-5-11-20-17(23)15-12-21-16(13-8-9-13)22-18(15)24-14-6-2-1-3-7-14/h1-7,12-13H,8-9,11H2,(H,20,23)/b5-4+. The van der Waals surface area contributed by atoms with Gasteiger partial charge in [-0.1, -0.05) is 24.3 Å². The lowest BCUT2D eigenvalue weighted by Gasteiger charge is -2.11. The molecule has 6 heteroatoms. The number of benzene rings is 1. The molecule has 1 aliphatic carbocycles. The average Bonchev–Trinajstić information content (AvgIpc) is 3.44. The zero-order chi connectivity index (χ0) is 16.8. The molecule has 3 rings (SSSR count). The number of nitrogens with zero attached hydrogens (tertiary/aromatic N) is 3. The van der Waals surface area contributed by atoms with E-state index >= 15 is 0 Å². The van der Waals surface area contributed by atoms with Crippen molar-refractivity contribution in [3.05, 3.63) is 60.1 Å². The summed E-state index contributed by atoms with van der Waals surface area (Å²) in [5, 5.41) is 11.1. The second-order valence-corrected chi connectivity index (χ2v) is 5.38. The summed E-state index contributed by atoms with van der Waals surface area (Å²) in [5.41, 5.74) is 0.272. The fourth-order valence-electron chi connectivity index (χ4n) is 2.11. The number of nitrogens with one attached hydrogen (secondary N) is 1. The summed E-state index contributed by atoms with van der Waals surface area (Å²) < 4.78 is 5.79. The van der Waals surface area contributed by atoms with Crippen LogP contribution in [0.2, 0.25) is 0 Å². The molecule has 0 spiro atoms. The molecule has 1 fully saturated rings. The number of para-hydroxylation sites is 1. The van der Waals surface area contributed by atoms with Gasteiger partial charge in [0.25, 0.3) is 5.91 Å². The highest BCUT2D eigenvalue weighted by atomic mass is 16.5. The van der Waals surface area contributed by atoms with Crippen molar-refractivity contribution in [3.63, 3.8) is 0 Å². The van der Waals surface area contributed by atoms with Gasteiger partial charge in [0.2, 0.25) is 5.88 Å². The molecule has 1 heterocycles. The molecule has 0 saturated heterocycles. The molecule has 0 radical (unpaired) electrons. The van der Waals surface area contributed by atoms with E-state index in [1.165, 1.54) is 12.3 Å². The van der Waals surface area contributed by atoms with Gasteiger partial charge in [0.05, 0.1) is 6.07 Å². The summed E-state index contributed by atoms with van der Waals surface area (Å²) in [6.07, 6.45) is 6.51. The monoisotopic (exact) mass is 320 g/mol. The summed E-state index contributed by atoms with van der Waals surface area (Å²) in [7, 11) is 0. The van der Waals surface area contributed by atoms with E-state index in [2.05, 4.69) is 15.3 Å². The van der Waals surface area contributed by atoms with E-state index in [0.29, 0.717) is 17.5 Å². The quantitative estimate of drug-likeness (QED) is 0.827. The predicted molar refractivity (Wildman–Crippen MR) is 87.6 cm³/mol. The fourth-order valence-corrected chi connectivity index (χ4v) is 2.11. The van der Waals surface area contributed by atoms with E-state index in [0.717, 1.165) is 12.8 Å². The topological polar surface area (TPSA) is 87.9 Å². The van der Waals surface area contributed by atoms with Crippen LogP contribution in [0.3, 0.4) is 0 Å². The van der Waals surface area contributed by atoms with Gasteiger partial charge in [-0.25, -0.2) is 4.98 Å². The van der Waals surface area contributed by atoms with Crippen LogP contribution < -0.4 is 10.1 Å². The molecule has 1 N–H and O–H groups in total. The summed E-state index contributed by atoms with van der Waals surface area (Å²) >= 11 is 0. The van der Waals surface area contributed by atoms with Crippen LogP contribution in [0.15, 0.2) is 48.7 Å². The number of carbonyl (C=O) groups excluding carboxylic acids is 1. The molecule has 1 saturated carbocycles. The van der Waals surface area contributed by atoms with Gasteiger partial charge in [-0.05, 0) is 25.0 Å². The third-order valence-electron chi connectivity index (χ3n) is 3.49. The van der Waals surface area contributed by atoms with Crippen LogP contribution in [0, 0.1) is 11.3 Å². The van der Waals surface area contributed by atoms with Crippen LogP contribution in [-0.4, -0.2) is 22.4 Å². The first-order valence-electron chi connectivity index (χ1n) is 7.70. The van der Waals surface area contributed by atoms with Crippen molar-refractivity contribution in [3.8, 4) is 17.7 Å². The molecule has 0 aliphatic heterocycles. The third-order valence-corrected chi connectivity index (χ3v) is 3.49. The van der Waals surface area contributed by atoms with Crippen molar-refractivity contribution in [2.45, 2.75) is 18.8 Å². The lowest BCUT2D eigenvalue weighted by molar-refractivity contribution is 0.0954. The number of amides is 1. The molecule has 6 nitrogen and oxygen atoms in total. The average molecular weight is 320 g/mol. The number of rotatable bonds is 6. The first-order chi connectivity index (χ1) is 11.8. The molecule has 0 atom stereocenters.